The lowest BCUT2D eigenvalue weighted by Gasteiger charge is -2.23. The van der Waals surface area contributed by atoms with Crippen LogP contribution in [0.4, 0.5) is 0 Å². The van der Waals surface area contributed by atoms with Gasteiger partial charge in [0.15, 0.2) is 0 Å². The molecule has 0 aliphatic rings. The van der Waals surface area contributed by atoms with Crippen molar-refractivity contribution >= 4 is 11.9 Å². The van der Waals surface area contributed by atoms with E-state index in [9.17, 15) is 19.8 Å². The number of rotatable bonds is 40. The van der Waals surface area contributed by atoms with Crippen LogP contribution in [0.3, 0.4) is 0 Å². The fourth-order valence-electron chi connectivity index (χ4n) is 6.40. The molecule has 0 aromatic heterocycles. The highest BCUT2D eigenvalue weighted by Crippen LogP contribution is 2.15. The lowest BCUT2D eigenvalue weighted by atomic mass is 10.0. The molecule has 6 heteroatoms. The number of amides is 1. The maximum atomic E-state index is 13.1. The number of hydrogen-bond donors (Lipinski definition) is 3. The molecule has 0 rings (SSSR count). The van der Waals surface area contributed by atoms with Gasteiger partial charge in [-0.2, -0.15) is 0 Å². The molecule has 0 saturated carbocycles. The second kappa shape index (κ2) is 45.6. The van der Waals surface area contributed by atoms with Crippen LogP contribution in [0.5, 0.6) is 0 Å². The molecule has 0 spiro atoms. The zero-order valence-electron chi connectivity index (χ0n) is 37.8. The predicted molar refractivity (Wildman–Crippen MR) is 254 cm³/mol. The van der Waals surface area contributed by atoms with Crippen molar-refractivity contribution in [2.75, 3.05) is 6.61 Å². The summed E-state index contributed by atoms with van der Waals surface area (Å²) in [4.78, 5) is 26.0. The Labute approximate surface area is 362 Å². The molecule has 3 N–H and O–H groups in total. The van der Waals surface area contributed by atoms with E-state index in [1.165, 1.54) is 51.4 Å². The van der Waals surface area contributed by atoms with Crippen LogP contribution in [-0.4, -0.2) is 46.9 Å². The van der Waals surface area contributed by atoms with Gasteiger partial charge < -0.3 is 20.3 Å². The maximum Gasteiger partial charge on any atom is 0.306 e. The van der Waals surface area contributed by atoms with Gasteiger partial charge in [-0.25, -0.2) is 0 Å². The van der Waals surface area contributed by atoms with Gasteiger partial charge in [0.25, 0.3) is 0 Å². The number of hydrogen-bond acceptors (Lipinski definition) is 5. The highest BCUT2D eigenvalue weighted by atomic mass is 16.5. The molecule has 0 heterocycles. The normalized spacial score (nSPS) is 14.3. The highest BCUT2D eigenvalue weighted by Gasteiger charge is 2.23. The van der Waals surface area contributed by atoms with Crippen LogP contribution < -0.4 is 5.32 Å². The molecule has 0 aliphatic heterocycles. The molecule has 0 radical (unpaired) electrons. The van der Waals surface area contributed by atoms with E-state index in [0.29, 0.717) is 19.3 Å². The number of esters is 1. The summed E-state index contributed by atoms with van der Waals surface area (Å²) in [6.45, 7) is 6.16. The monoisotopic (exact) mass is 818 g/mol. The van der Waals surface area contributed by atoms with Crippen molar-refractivity contribution in [3.63, 3.8) is 0 Å². The largest absolute Gasteiger partial charge is 0.458 e. The zero-order valence-corrected chi connectivity index (χ0v) is 37.8. The van der Waals surface area contributed by atoms with Crippen LogP contribution in [0.15, 0.2) is 109 Å². The van der Waals surface area contributed by atoms with Gasteiger partial charge in [0, 0.05) is 6.42 Å². The van der Waals surface area contributed by atoms with E-state index in [4.69, 9.17) is 4.74 Å². The summed E-state index contributed by atoms with van der Waals surface area (Å²) in [6.07, 6.45) is 61.7. The van der Waals surface area contributed by atoms with Crippen LogP contribution in [-0.2, 0) is 14.3 Å². The van der Waals surface area contributed by atoms with Gasteiger partial charge >= 0.3 is 5.97 Å². The SMILES string of the molecule is CC/C=C/C=C/C=C/C=C\CCCCCCCC(=O)OC(/C=C/C/C=C/C/C=C/C/C=C/C/C=C/CC)CC(=O)NC(CO)C(O)CCCCCCCCCCCCC. The first-order chi connectivity index (χ1) is 29.0. The standard InChI is InChI=1S/C53H87NO5/c1-4-7-10-13-16-19-22-24-26-28-31-34-37-40-43-46-53(58)59-49(44-41-38-35-32-30-27-25-23-20-17-14-11-8-5-2)47-52(57)54-50(48-55)51(56)45-42-39-36-33-29-21-18-15-12-9-6-3/h7-8,10-11,13,16-17,19-20,22,24-27,32,35,41,44,49-51,55-56H,4-6,9,12,14-15,18,21,23,28-31,33-34,36-40,42-43,45-48H2,1-3H3,(H,54,57)/b10-7+,11-8+,16-13+,20-17+,22-19+,26-24-,27-25+,35-32+,44-41+. The first-order valence-electron chi connectivity index (χ1n) is 23.7. The van der Waals surface area contributed by atoms with Crippen LogP contribution in [0, 0.1) is 0 Å². The van der Waals surface area contributed by atoms with Crippen LogP contribution in [0.25, 0.3) is 0 Å². The van der Waals surface area contributed by atoms with Crippen molar-refractivity contribution < 1.29 is 24.5 Å². The highest BCUT2D eigenvalue weighted by molar-refractivity contribution is 5.78. The van der Waals surface area contributed by atoms with E-state index >= 15 is 0 Å². The molecule has 6 nitrogen and oxygen atoms in total. The van der Waals surface area contributed by atoms with Gasteiger partial charge in [-0.3, -0.25) is 9.59 Å². The number of aliphatic hydroxyl groups is 2. The third-order valence-electron chi connectivity index (χ3n) is 9.94. The summed E-state index contributed by atoms with van der Waals surface area (Å²) in [5.41, 5.74) is 0. The van der Waals surface area contributed by atoms with Crippen molar-refractivity contribution in [2.45, 2.75) is 206 Å². The Morgan fingerprint density at radius 2 is 1.02 bits per heavy atom. The Hall–Kier alpha value is -3.48. The lowest BCUT2D eigenvalue weighted by Crippen LogP contribution is -2.46. The molecule has 0 saturated heterocycles. The fourth-order valence-corrected chi connectivity index (χ4v) is 6.40. The Morgan fingerprint density at radius 3 is 1.58 bits per heavy atom. The van der Waals surface area contributed by atoms with Gasteiger partial charge in [-0.05, 0) is 70.3 Å². The summed E-state index contributed by atoms with van der Waals surface area (Å²) in [5.74, 6) is -0.668. The van der Waals surface area contributed by atoms with E-state index in [1.54, 1.807) is 6.08 Å². The minimum atomic E-state index is -0.828. The van der Waals surface area contributed by atoms with Crippen molar-refractivity contribution in [2.24, 2.45) is 0 Å². The first kappa shape index (κ1) is 55.5. The molecule has 0 aliphatic carbocycles. The van der Waals surface area contributed by atoms with Crippen LogP contribution >= 0.6 is 0 Å². The molecule has 0 bridgehead atoms. The van der Waals surface area contributed by atoms with E-state index in [1.807, 2.05) is 30.4 Å². The number of allylic oxidation sites excluding steroid dienone is 17. The number of carbonyl (C=O) groups excluding carboxylic acids is 2. The van der Waals surface area contributed by atoms with Crippen molar-refractivity contribution in [1.29, 1.82) is 0 Å². The maximum absolute atomic E-state index is 13.1. The van der Waals surface area contributed by atoms with Gasteiger partial charge in [0.2, 0.25) is 5.91 Å². The first-order valence-corrected chi connectivity index (χ1v) is 23.7. The molecule has 0 aromatic rings. The topological polar surface area (TPSA) is 95.9 Å². The number of unbranched alkanes of at least 4 members (excludes halogenated alkanes) is 15. The molecule has 59 heavy (non-hydrogen) atoms. The van der Waals surface area contributed by atoms with E-state index < -0.39 is 18.2 Å². The Balaban J connectivity index is 4.83. The van der Waals surface area contributed by atoms with E-state index in [-0.39, 0.29) is 24.9 Å². The summed E-state index contributed by atoms with van der Waals surface area (Å²) in [7, 11) is 0. The third kappa shape index (κ3) is 41.1. The van der Waals surface area contributed by atoms with Crippen molar-refractivity contribution in [1.82, 2.24) is 5.32 Å². The molecule has 334 valence electrons. The fraction of sp³-hybridized carbons (Fsp3) is 0.623. The van der Waals surface area contributed by atoms with Gasteiger partial charge in [-0.15, -0.1) is 0 Å². The lowest BCUT2D eigenvalue weighted by molar-refractivity contribution is -0.148. The molecular weight excluding hydrogens is 731 g/mol. The predicted octanol–water partition coefficient (Wildman–Crippen LogP) is 13.9. The minimum Gasteiger partial charge on any atom is -0.458 e. The van der Waals surface area contributed by atoms with Gasteiger partial charge in [-0.1, -0.05) is 214 Å². The molecule has 1 amide bonds. The second-order valence-electron chi connectivity index (χ2n) is 15.5. The Kier molecular flexibility index (Phi) is 42.9. The number of nitrogens with one attached hydrogen (secondary N) is 1. The summed E-state index contributed by atoms with van der Waals surface area (Å²) in [6, 6.07) is -0.752. The number of ether oxygens (including phenoxy) is 1. The average molecular weight is 818 g/mol. The van der Waals surface area contributed by atoms with Gasteiger partial charge in [0.05, 0.1) is 25.2 Å². The molecule has 3 atom stereocenters. The summed E-state index contributed by atoms with van der Waals surface area (Å²) >= 11 is 0. The second-order valence-corrected chi connectivity index (χ2v) is 15.5. The molecule has 3 unspecified atom stereocenters. The third-order valence-corrected chi connectivity index (χ3v) is 9.94. The Morgan fingerprint density at radius 1 is 0.542 bits per heavy atom. The Bertz CT molecular complexity index is 1240. The number of aliphatic hydroxyl groups excluding tert-OH is 2. The zero-order chi connectivity index (χ0) is 43.1. The van der Waals surface area contributed by atoms with Crippen molar-refractivity contribution in [3.8, 4) is 0 Å². The van der Waals surface area contributed by atoms with Crippen LogP contribution in [0.2, 0.25) is 0 Å². The quantitative estimate of drug-likeness (QED) is 0.0248. The summed E-state index contributed by atoms with van der Waals surface area (Å²) < 4.78 is 5.79. The van der Waals surface area contributed by atoms with Crippen molar-refractivity contribution in [3.05, 3.63) is 109 Å². The van der Waals surface area contributed by atoms with Crippen LogP contribution in [0.1, 0.15) is 188 Å². The molecule has 0 fully saturated rings. The van der Waals surface area contributed by atoms with E-state index in [0.717, 1.165) is 89.9 Å². The average Bonchev–Trinajstić information content (AvgIpc) is 3.23. The minimum absolute atomic E-state index is 0.0625. The number of carbonyl (C=O) groups is 2. The van der Waals surface area contributed by atoms with Gasteiger partial charge in [0.1, 0.15) is 6.10 Å². The molecular formula is C53H87NO5. The van der Waals surface area contributed by atoms with E-state index in [2.05, 4.69) is 99.0 Å². The summed E-state index contributed by atoms with van der Waals surface area (Å²) in [5, 5.41) is 23.6. The smallest absolute Gasteiger partial charge is 0.306 e. The molecule has 0 aromatic carbocycles.